The number of pyridine rings is 1. The van der Waals surface area contributed by atoms with E-state index in [9.17, 15) is 0 Å². The van der Waals surface area contributed by atoms with Crippen molar-refractivity contribution in [1.82, 2.24) is 14.5 Å². The Kier molecular flexibility index (Phi) is 3.09. The topological polar surface area (TPSA) is 39.9 Å². The van der Waals surface area contributed by atoms with Gasteiger partial charge < -0.3 is 9.30 Å². The number of hydrogen-bond acceptors (Lipinski definition) is 3. The predicted molar refractivity (Wildman–Crippen MR) is 74.6 cm³/mol. The highest BCUT2D eigenvalue weighted by atomic mass is 35.5. The first-order valence-corrected chi connectivity index (χ1v) is 6.24. The fraction of sp³-hybridized carbons (Fsp3) is 0.143. The van der Waals surface area contributed by atoms with Crippen molar-refractivity contribution in [2.24, 2.45) is 0 Å². The number of methoxy groups -OCH3 is 1. The minimum absolute atomic E-state index is 0.475. The third-order valence-electron chi connectivity index (χ3n) is 2.99. The van der Waals surface area contributed by atoms with Gasteiger partial charge in [-0.3, -0.25) is 0 Å². The lowest BCUT2D eigenvalue weighted by Crippen LogP contribution is -1.98. The van der Waals surface area contributed by atoms with E-state index in [-0.39, 0.29) is 0 Å². The van der Waals surface area contributed by atoms with Gasteiger partial charge in [0.2, 0.25) is 0 Å². The van der Waals surface area contributed by atoms with Crippen LogP contribution in [0.2, 0.25) is 5.15 Å². The lowest BCUT2D eigenvalue weighted by Gasteiger charge is -2.06. The highest BCUT2D eigenvalue weighted by molar-refractivity contribution is 6.33. The molecule has 0 atom stereocenters. The van der Waals surface area contributed by atoms with Crippen LogP contribution in [0.1, 0.15) is 5.56 Å². The summed E-state index contributed by atoms with van der Waals surface area (Å²) in [7, 11) is 1.66. The van der Waals surface area contributed by atoms with Crippen LogP contribution in [0.4, 0.5) is 0 Å². The van der Waals surface area contributed by atoms with E-state index >= 15 is 0 Å². The van der Waals surface area contributed by atoms with Crippen LogP contribution in [0.25, 0.3) is 11.0 Å². The summed E-state index contributed by atoms with van der Waals surface area (Å²) in [6.45, 7) is 0.700. The summed E-state index contributed by atoms with van der Waals surface area (Å²) < 4.78 is 7.14. The Morgan fingerprint density at radius 3 is 2.68 bits per heavy atom. The van der Waals surface area contributed by atoms with Gasteiger partial charge in [0.1, 0.15) is 11.3 Å². The van der Waals surface area contributed by atoms with Gasteiger partial charge in [0, 0.05) is 12.7 Å². The van der Waals surface area contributed by atoms with Gasteiger partial charge in [0.05, 0.1) is 19.0 Å². The number of ether oxygens (including phenoxy) is 1. The van der Waals surface area contributed by atoms with Crippen molar-refractivity contribution in [1.29, 1.82) is 0 Å². The molecule has 2 heterocycles. The fourth-order valence-corrected chi connectivity index (χ4v) is 2.29. The van der Waals surface area contributed by atoms with Crippen LogP contribution in [0.3, 0.4) is 0 Å². The third-order valence-corrected chi connectivity index (χ3v) is 3.27. The molecule has 0 bridgehead atoms. The first kappa shape index (κ1) is 12.0. The molecule has 0 aliphatic carbocycles. The maximum atomic E-state index is 6.13. The Morgan fingerprint density at radius 2 is 1.95 bits per heavy atom. The van der Waals surface area contributed by atoms with Crippen LogP contribution in [0.15, 0.2) is 42.9 Å². The largest absolute Gasteiger partial charge is 0.497 e. The monoisotopic (exact) mass is 273 g/mol. The summed E-state index contributed by atoms with van der Waals surface area (Å²) in [5.74, 6) is 0.846. The lowest BCUT2D eigenvalue weighted by atomic mass is 10.2. The summed E-state index contributed by atoms with van der Waals surface area (Å²) in [5.41, 5.74) is 2.87. The Bertz CT molecular complexity index is 706. The van der Waals surface area contributed by atoms with E-state index in [4.69, 9.17) is 16.3 Å². The molecule has 96 valence electrons. The van der Waals surface area contributed by atoms with Crippen molar-refractivity contribution in [3.63, 3.8) is 0 Å². The van der Waals surface area contributed by atoms with Gasteiger partial charge in [0.15, 0.2) is 5.15 Å². The van der Waals surface area contributed by atoms with Crippen molar-refractivity contribution in [3.8, 4) is 5.75 Å². The van der Waals surface area contributed by atoms with Gasteiger partial charge in [-0.2, -0.15) is 0 Å². The molecular weight excluding hydrogens is 262 g/mol. The molecule has 1 aromatic carbocycles. The average Bonchev–Trinajstić information content (AvgIpc) is 2.84. The van der Waals surface area contributed by atoms with Crippen molar-refractivity contribution < 1.29 is 4.74 Å². The van der Waals surface area contributed by atoms with Crippen molar-refractivity contribution in [2.45, 2.75) is 6.54 Å². The van der Waals surface area contributed by atoms with Crippen molar-refractivity contribution in [3.05, 3.63) is 53.6 Å². The molecule has 0 aliphatic heterocycles. The van der Waals surface area contributed by atoms with Crippen LogP contribution in [-0.2, 0) is 6.54 Å². The van der Waals surface area contributed by atoms with E-state index in [1.54, 1.807) is 19.6 Å². The number of benzene rings is 1. The molecule has 5 heteroatoms. The van der Waals surface area contributed by atoms with Gasteiger partial charge in [-0.05, 0) is 23.8 Å². The number of fused-ring (bicyclic) bond motifs is 1. The Morgan fingerprint density at radius 1 is 1.16 bits per heavy atom. The van der Waals surface area contributed by atoms with Crippen LogP contribution in [0, 0.1) is 0 Å². The molecule has 19 heavy (non-hydrogen) atoms. The van der Waals surface area contributed by atoms with Crippen molar-refractivity contribution >= 4 is 22.6 Å². The summed E-state index contributed by atoms with van der Waals surface area (Å²) in [6.07, 6.45) is 3.44. The van der Waals surface area contributed by atoms with E-state index in [0.717, 1.165) is 22.3 Å². The first-order valence-electron chi connectivity index (χ1n) is 5.86. The molecule has 0 radical (unpaired) electrons. The molecule has 0 saturated carbocycles. The Balaban J connectivity index is 1.96. The van der Waals surface area contributed by atoms with Crippen LogP contribution >= 0.6 is 11.6 Å². The lowest BCUT2D eigenvalue weighted by molar-refractivity contribution is 0.414. The quantitative estimate of drug-likeness (QED) is 0.688. The second kappa shape index (κ2) is 4.90. The van der Waals surface area contributed by atoms with E-state index in [2.05, 4.69) is 9.97 Å². The third kappa shape index (κ3) is 2.27. The molecule has 0 fully saturated rings. The second-order valence-electron chi connectivity index (χ2n) is 4.19. The molecule has 3 rings (SSSR count). The van der Waals surface area contributed by atoms with Gasteiger partial charge in [-0.1, -0.05) is 23.7 Å². The van der Waals surface area contributed by atoms with E-state index in [1.165, 1.54) is 0 Å². The second-order valence-corrected chi connectivity index (χ2v) is 4.55. The molecule has 2 aromatic heterocycles. The molecule has 0 N–H and O–H groups in total. The number of rotatable bonds is 3. The van der Waals surface area contributed by atoms with E-state index in [1.807, 2.05) is 34.9 Å². The van der Waals surface area contributed by atoms with Gasteiger partial charge in [-0.15, -0.1) is 0 Å². The van der Waals surface area contributed by atoms with E-state index < -0.39 is 0 Å². The van der Waals surface area contributed by atoms with Gasteiger partial charge in [0.25, 0.3) is 0 Å². The number of halogens is 1. The smallest absolute Gasteiger partial charge is 0.154 e. The molecule has 3 aromatic rings. The molecule has 4 nitrogen and oxygen atoms in total. The maximum Gasteiger partial charge on any atom is 0.154 e. The normalized spacial score (nSPS) is 10.8. The van der Waals surface area contributed by atoms with Gasteiger partial charge in [-0.25, -0.2) is 9.97 Å². The minimum Gasteiger partial charge on any atom is -0.497 e. The van der Waals surface area contributed by atoms with Crippen LogP contribution < -0.4 is 4.74 Å². The van der Waals surface area contributed by atoms with E-state index in [0.29, 0.717) is 11.7 Å². The highest BCUT2D eigenvalue weighted by Crippen LogP contribution is 2.21. The zero-order valence-electron chi connectivity index (χ0n) is 10.4. The summed E-state index contributed by atoms with van der Waals surface area (Å²) in [5, 5.41) is 0.475. The Hall–Kier alpha value is -2.07. The minimum atomic E-state index is 0.475. The number of aromatic nitrogens is 3. The van der Waals surface area contributed by atoms with Crippen LogP contribution in [-0.4, -0.2) is 21.6 Å². The zero-order valence-corrected chi connectivity index (χ0v) is 11.1. The zero-order chi connectivity index (χ0) is 13.2. The molecule has 0 aliphatic rings. The molecule has 0 amide bonds. The molecule has 0 unspecified atom stereocenters. The Labute approximate surface area is 115 Å². The number of hydrogen-bond donors (Lipinski definition) is 0. The summed E-state index contributed by atoms with van der Waals surface area (Å²) in [6, 6.07) is 9.78. The average molecular weight is 274 g/mol. The number of imidazole rings is 1. The first-order chi connectivity index (χ1) is 9.28. The van der Waals surface area contributed by atoms with Crippen LogP contribution in [0.5, 0.6) is 5.75 Å². The summed E-state index contributed by atoms with van der Waals surface area (Å²) >= 11 is 6.13. The van der Waals surface area contributed by atoms with Crippen molar-refractivity contribution in [2.75, 3.05) is 7.11 Å². The SMILES string of the molecule is COc1ccc(Cn2cnc3ccnc(Cl)c32)cc1. The maximum absolute atomic E-state index is 6.13. The summed E-state index contributed by atoms with van der Waals surface area (Å²) in [4.78, 5) is 8.42. The molecular formula is C14H12ClN3O. The predicted octanol–water partition coefficient (Wildman–Crippen LogP) is 3.14. The number of nitrogens with zero attached hydrogens (tertiary/aromatic N) is 3. The highest BCUT2D eigenvalue weighted by Gasteiger charge is 2.07. The standard InChI is InChI=1S/C14H12ClN3O/c1-19-11-4-2-10(3-5-11)8-18-9-17-12-6-7-16-14(15)13(12)18/h2-7,9H,8H2,1H3. The fourth-order valence-electron chi connectivity index (χ4n) is 2.03. The van der Waals surface area contributed by atoms with Gasteiger partial charge >= 0.3 is 0 Å². The molecule has 0 spiro atoms. The molecule has 0 saturated heterocycles.